The van der Waals surface area contributed by atoms with Crippen LogP contribution in [0.25, 0.3) is 0 Å². The average molecular weight is 483 g/mol. The molecule has 2 saturated heterocycles. The highest BCUT2D eigenvalue weighted by Crippen LogP contribution is 2.37. The molecule has 0 spiro atoms. The van der Waals surface area contributed by atoms with Gasteiger partial charge in [0.1, 0.15) is 0 Å². The summed E-state index contributed by atoms with van der Waals surface area (Å²) in [6, 6.07) is 13.3. The lowest BCUT2D eigenvalue weighted by Crippen LogP contribution is -2.22. The maximum Gasteiger partial charge on any atom is 0.387 e. The van der Waals surface area contributed by atoms with Gasteiger partial charge in [-0.3, -0.25) is 0 Å². The van der Waals surface area contributed by atoms with Crippen LogP contribution in [0, 0.1) is 11.7 Å². The van der Waals surface area contributed by atoms with Gasteiger partial charge in [-0.25, -0.2) is 4.39 Å². The second-order valence-electron chi connectivity index (χ2n) is 9.99. The Kier molecular flexibility index (Phi) is 11.2. The molecule has 180 valence electrons. The zero-order chi connectivity index (χ0) is 22.8. The third kappa shape index (κ3) is 8.55. The van der Waals surface area contributed by atoms with Crippen LogP contribution in [0.2, 0.25) is 36.3 Å². The summed E-state index contributed by atoms with van der Waals surface area (Å²) in [6.45, 7) is -0.680. The van der Waals surface area contributed by atoms with E-state index in [0.717, 1.165) is 24.3 Å². The first-order valence-corrected chi connectivity index (χ1v) is 17.2. The Morgan fingerprint density at radius 2 is 1.53 bits per heavy atom. The monoisotopic (exact) mass is 482 g/mol. The van der Waals surface area contributed by atoms with E-state index in [0.29, 0.717) is 5.92 Å². The summed E-state index contributed by atoms with van der Waals surface area (Å²) < 4.78 is 42.9. The van der Waals surface area contributed by atoms with Gasteiger partial charge in [0.2, 0.25) is 0 Å². The highest BCUT2D eigenvalue weighted by atomic mass is 28.3. The minimum absolute atomic E-state index is 0.00319. The molecule has 2 aliphatic rings. The molecule has 0 unspecified atom stereocenters. The standard InChI is InChI=1S/C26H41F3OSi2/c1-2-3-5-14-31-16-10-21(11-17-31)7-4-6-15-32-18-12-22(13-19-32)23-8-9-25(24(27)20-23)30-26(28)29/h8-9,20-22,26H,2-7,10-19H2,1H3. The Hall–Kier alpha value is -0.756. The lowest BCUT2D eigenvalue weighted by molar-refractivity contribution is -0.0522. The second kappa shape index (κ2) is 13.8. The number of rotatable bonds is 12. The molecule has 0 atom stereocenters. The van der Waals surface area contributed by atoms with E-state index in [-0.39, 0.29) is 23.3 Å². The van der Waals surface area contributed by atoms with Crippen molar-refractivity contribution in [2.45, 2.75) is 120 Å². The lowest BCUT2D eigenvalue weighted by Gasteiger charge is -2.29. The van der Waals surface area contributed by atoms with Crippen molar-refractivity contribution in [3.05, 3.63) is 29.6 Å². The first-order chi connectivity index (χ1) is 15.5. The molecule has 2 aliphatic heterocycles. The molecule has 32 heavy (non-hydrogen) atoms. The number of ether oxygens (including phenoxy) is 1. The first-order valence-electron chi connectivity index (χ1n) is 13.0. The fourth-order valence-corrected chi connectivity index (χ4v) is 11.8. The SMILES string of the molecule is CCCCC[Si]1CCC(CCCC[Si]2CCC(c3ccc(OC(F)F)c(F)c3)CC2)CC1. The molecule has 1 nitrogen and oxygen atoms in total. The van der Waals surface area contributed by atoms with Crippen molar-refractivity contribution in [1.82, 2.24) is 0 Å². The summed E-state index contributed by atoms with van der Waals surface area (Å²) in [4.78, 5) is 0. The first kappa shape index (κ1) is 25.9. The van der Waals surface area contributed by atoms with Crippen molar-refractivity contribution in [2.75, 3.05) is 0 Å². The van der Waals surface area contributed by atoms with Gasteiger partial charge in [-0.15, -0.1) is 0 Å². The minimum atomic E-state index is -2.98. The third-order valence-electron chi connectivity index (χ3n) is 7.67. The van der Waals surface area contributed by atoms with Crippen LogP contribution in [-0.4, -0.2) is 24.2 Å². The van der Waals surface area contributed by atoms with E-state index in [1.807, 2.05) is 0 Å². The number of alkyl halides is 2. The Balaban J connectivity index is 1.27. The van der Waals surface area contributed by atoms with Gasteiger partial charge in [0, 0.05) is 17.6 Å². The molecule has 3 rings (SSSR count). The van der Waals surface area contributed by atoms with Crippen molar-refractivity contribution in [3.63, 3.8) is 0 Å². The number of halogens is 3. The third-order valence-corrected chi connectivity index (χ3v) is 13.8. The number of benzene rings is 1. The summed E-state index contributed by atoms with van der Waals surface area (Å²) >= 11 is 0. The van der Waals surface area contributed by atoms with Crippen molar-refractivity contribution in [3.8, 4) is 5.75 Å². The normalized spacial score (nSPS) is 19.7. The van der Waals surface area contributed by atoms with Crippen LogP contribution < -0.4 is 4.74 Å². The Morgan fingerprint density at radius 3 is 2.12 bits per heavy atom. The highest BCUT2D eigenvalue weighted by molar-refractivity contribution is 6.59. The number of hydrogen-bond acceptors (Lipinski definition) is 1. The molecule has 2 radical (unpaired) electrons. The van der Waals surface area contributed by atoms with Crippen LogP contribution in [0.15, 0.2) is 18.2 Å². The van der Waals surface area contributed by atoms with Crippen molar-refractivity contribution in [2.24, 2.45) is 5.92 Å². The molecule has 2 fully saturated rings. The molecule has 0 bridgehead atoms. The fourth-order valence-electron chi connectivity index (χ4n) is 5.63. The molecule has 1 aromatic carbocycles. The van der Waals surface area contributed by atoms with E-state index in [2.05, 4.69) is 11.7 Å². The predicted molar refractivity (Wildman–Crippen MR) is 131 cm³/mol. The van der Waals surface area contributed by atoms with Gasteiger partial charge in [-0.2, -0.15) is 8.78 Å². The molecular weight excluding hydrogens is 441 g/mol. The number of hydrogen-bond donors (Lipinski definition) is 0. The maximum atomic E-state index is 14.0. The van der Waals surface area contributed by atoms with Gasteiger partial charge >= 0.3 is 6.61 Å². The Morgan fingerprint density at radius 1 is 0.906 bits per heavy atom. The smallest absolute Gasteiger partial charge is 0.387 e. The van der Waals surface area contributed by atoms with Crippen LogP contribution in [0.4, 0.5) is 13.2 Å². The summed E-state index contributed by atoms with van der Waals surface area (Å²) in [5.74, 6) is 0.357. The Labute approximate surface area is 196 Å². The largest absolute Gasteiger partial charge is 0.432 e. The van der Waals surface area contributed by atoms with Crippen LogP contribution in [0.1, 0.15) is 82.6 Å². The average Bonchev–Trinajstić information content (AvgIpc) is 2.79. The van der Waals surface area contributed by atoms with Crippen molar-refractivity contribution < 1.29 is 17.9 Å². The quantitative estimate of drug-likeness (QED) is 0.213. The zero-order valence-corrected chi connectivity index (χ0v) is 21.8. The summed E-state index contributed by atoms with van der Waals surface area (Å²) in [7, 11) is -0.254. The molecule has 0 aliphatic carbocycles. The zero-order valence-electron chi connectivity index (χ0n) is 19.8. The van der Waals surface area contributed by atoms with Gasteiger partial charge in [-0.05, 0) is 42.4 Å². The number of unbranched alkanes of at least 4 members (excludes halogenated alkanes) is 3. The molecule has 0 N–H and O–H groups in total. The maximum absolute atomic E-state index is 14.0. The molecule has 1 aromatic rings. The van der Waals surface area contributed by atoms with Gasteiger partial charge in [0.05, 0.1) is 0 Å². The van der Waals surface area contributed by atoms with Crippen LogP contribution >= 0.6 is 0 Å². The van der Waals surface area contributed by atoms with E-state index < -0.39 is 12.4 Å². The minimum Gasteiger partial charge on any atom is -0.432 e. The van der Waals surface area contributed by atoms with E-state index in [1.54, 1.807) is 24.2 Å². The van der Waals surface area contributed by atoms with Gasteiger partial charge in [0.15, 0.2) is 11.6 Å². The van der Waals surface area contributed by atoms with Gasteiger partial charge < -0.3 is 4.74 Å². The second-order valence-corrected chi connectivity index (χ2v) is 16.0. The van der Waals surface area contributed by atoms with Crippen LogP contribution in [0.3, 0.4) is 0 Å². The van der Waals surface area contributed by atoms with Crippen molar-refractivity contribution >= 4 is 17.6 Å². The molecular formula is C26H41F3OSi2. The van der Waals surface area contributed by atoms with E-state index in [9.17, 15) is 13.2 Å². The fraction of sp³-hybridized carbons (Fsp3) is 0.769. The molecule has 2 heterocycles. The Bertz CT molecular complexity index is 656. The molecule has 0 saturated carbocycles. The topological polar surface area (TPSA) is 9.23 Å². The van der Waals surface area contributed by atoms with E-state index in [1.165, 1.54) is 81.6 Å². The van der Waals surface area contributed by atoms with Crippen molar-refractivity contribution in [1.29, 1.82) is 0 Å². The van der Waals surface area contributed by atoms with Gasteiger partial charge in [-0.1, -0.05) is 101 Å². The highest BCUT2D eigenvalue weighted by Gasteiger charge is 2.25. The van der Waals surface area contributed by atoms with Gasteiger partial charge in [0.25, 0.3) is 0 Å². The molecule has 6 heteroatoms. The van der Waals surface area contributed by atoms with Crippen LogP contribution in [-0.2, 0) is 0 Å². The van der Waals surface area contributed by atoms with E-state index >= 15 is 0 Å². The lowest BCUT2D eigenvalue weighted by atomic mass is 9.93. The van der Waals surface area contributed by atoms with E-state index in [4.69, 9.17) is 0 Å². The molecule has 0 aromatic heterocycles. The van der Waals surface area contributed by atoms with Crippen LogP contribution in [0.5, 0.6) is 5.75 Å². The summed E-state index contributed by atoms with van der Waals surface area (Å²) in [5, 5.41) is 0. The molecule has 0 amide bonds. The predicted octanol–water partition coefficient (Wildman–Crippen LogP) is 9.06. The summed E-state index contributed by atoms with van der Waals surface area (Å²) in [5.41, 5.74) is 0.943. The summed E-state index contributed by atoms with van der Waals surface area (Å²) in [6.07, 6.45) is 13.8.